The Balaban J connectivity index is 1.90. The number of hydrogen-bond donors (Lipinski definition) is 2. The molecular formula is C14H15ClN2O3. The van der Waals surface area contributed by atoms with E-state index in [9.17, 15) is 14.7 Å². The summed E-state index contributed by atoms with van der Waals surface area (Å²) < 4.78 is 0. The van der Waals surface area contributed by atoms with E-state index in [0.717, 1.165) is 12.8 Å². The lowest BCUT2D eigenvalue weighted by atomic mass is 9.89. The van der Waals surface area contributed by atoms with Crippen LogP contribution in [0.4, 0.5) is 5.69 Å². The molecule has 3 N–H and O–H groups in total. The first-order chi connectivity index (χ1) is 9.47. The monoisotopic (exact) mass is 294 g/mol. The minimum atomic E-state index is -0.819. The first-order valence-corrected chi connectivity index (χ1v) is 6.96. The summed E-state index contributed by atoms with van der Waals surface area (Å²) in [6, 6.07) is 4.56. The highest BCUT2D eigenvalue weighted by Crippen LogP contribution is 2.42. The molecule has 3 atom stereocenters. The Morgan fingerprint density at radius 1 is 1.30 bits per heavy atom. The third-order valence-corrected chi connectivity index (χ3v) is 4.47. The van der Waals surface area contributed by atoms with Crippen LogP contribution in [0.1, 0.15) is 29.6 Å². The highest BCUT2D eigenvalue weighted by atomic mass is 35.5. The second-order valence-electron chi connectivity index (χ2n) is 5.46. The molecule has 2 aliphatic rings. The van der Waals surface area contributed by atoms with E-state index >= 15 is 0 Å². The van der Waals surface area contributed by atoms with E-state index in [4.69, 9.17) is 17.3 Å². The number of nitrogens with two attached hydrogens (primary N) is 1. The van der Waals surface area contributed by atoms with Crippen molar-refractivity contribution in [1.29, 1.82) is 0 Å². The minimum Gasteiger partial charge on any atom is -0.481 e. The molecule has 0 aromatic heterocycles. The molecule has 3 unspecified atom stereocenters. The summed E-state index contributed by atoms with van der Waals surface area (Å²) >= 11 is 5.92. The molecule has 0 radical (unpaired) electrons. The molecule has 2 fully saturated rings. The van der Waals surface area contributed by atoms with Gasteiger partial charge in [-0.2, -0.15) is 0 Å². The number of rotatable bonds is 2. The summed E-state index contributed by atoms with van der Waals surface area (Å²) in [7, 11) is 0. The first-order valence-electron chi connectivity index (χ1n) is 6.59. The highest BCUT2D eigenvalue weighted by Gasteiger charge is 2.51. The van der Waals surface area contributed by atoms with Gasteiger partial charge in [0.25, 0.3) is 5.91 Å². The maximum Gasteiger partial charge on any atom is 0.308 e. The number of anilines is 1. The van der Waals surface area contributed by atoms with Crippen LogP contribution in [0.2, 0.25) is 5.02 Å². The van der Waals surface area contributed by atoms with Crippen molar-refractivity contribution in [3.63, 3.8) is 0 Å². The molecule has 2 bridgehead atoms. The molecule has 5 nitrogen and oxygen atoms in total. The van der Waals surface area contributed by atoms with Gasteiger partial charge in [0, 0.05) is 28.4 Å². The summed E-state index contributed by atoms with van der Waals surface area (Å²) in [6.45, 7) is 0. The highest BCUT2D eigenvalue weighted by molar-refractivity contribution is 6.31. The van der Waals surface area contributed by atoms with E-state index in [1.165, 1.54) is 0 Å². The van der Waals surface area contributed by atoms with Crippen LogP contribution in [0.15, 0.2) is 18.2 Å². The Hall–Kier alpha value is -1.75. The van der Waals surface area contributed by atoms with Crippen molar-refractivity contribution < 1.29 is 14.7 Å². The predicted octanol–water partition coefficient (Wildman–Crippen LogP) is 2.00. The van der Waals surface area contributed by atoms with Gasteiger partial charge in [0.05, 0.1) is 5.92 Å². The van der Waals surface area contributed by atoms with Crippen LogP contribution in [0, 0.1) is 5.92 Å². The molecule has 1 aromatic rings. The van der Waals surface area contributed by atoms with Crippen molar-refractivity contribution >= 4 is 29.2 Å². The van der Waals surface area contributed by atoms with Crippen molar-refractivity contribution in [3.8, 4) is 0 Å². The summed E-state index contributed by atoms with van der Waals surface area (Å²) in [5.41, 5.74) is 6.57. The number of halogens is 1. The molecule has 0 saturated carbocycles. The quantitative estimate of drug-likeness (QED) is 0.817. The number of nitrogen functional groups attached to an aromatic ring is 1. The maximum atomic E-state index is 12.6. The zero-order valence-electron chi connectivity index (χ0n) is 10.8. The van der Waals surface area contributed by atoms with Gasteiger partial charge in [0.1, 0.15) is 0 Å². The van der Waals surface area contributed by atoms with Gasteiger partial charge < -0.3 is 15.7 Å². The molecular weight excluding hydrogens is 280 g/mol. The van der Waals surface area contributed by atoms with Gasteiger partial charge in [-0.05, 0) is 37.5 Å². The summed E-state index contributed by atoms with van der Waals surface area (Å²) in [6.07, 6.45) is 2.17. The summed E-state index contributed by atoms with van der Waals surface area (Å²) in [5, 5.41) is 9.63. The number of carbonyl (C=O) groups is 2. The van der Waals surface area contributed by atoms with Gasteiger partial charge in [0.2, 0.25) is 0 Å². The molecule has 2 saturated heterocycles. The third kappa shape index (κ3) is 2.02. The molecule has 0 aliphatic carbocycles. The zero-order valence-corrected chi connectivity index (χ0v) is 11.5. The van der Waals surface area contributed by atoms with Gasteiger partial charge in [-0.1, -0.05) is 11.6 Å². The van der Waals surface area contributed by atoms with Crippen molar-refractivity contribution in [2.24, 2.45) is 5.92 Å². The number of amides is 1. The average Bonchev–Trinajstić information content (AvgIpc) is 2.94. The minimum absolute atomic E-state index is 0.0220. The lowest BCUT2D eigenvalue weighted by Gasteiger charge is -2.23. The number of carboxylic acids is 1. The first kappa shape index (κ1) is 13.2. The lowest BCUT2D eigenvalue weighted by Crippen LogP contribution is -2.37. The van der Waals surface area contributed by atoms with E-state index in [0.29, 0.717) is 22.7 Å². The lowest BCUT2D eigenvalue weighted by molar-refractivity contribution is -0.142. The van der Waals surface area contributed by atoms with Crippen LogP contribution >= 0.6 is 11.6 Å². The Bertz CT molecular complexity index is 570. The van der Waals surface area contributed by atoms with Gasteiger partial charge >= 0.3 is 5.97 Å². The molecule has 3 rings (SSSR count). The van der Waals surface area contributed by atoms with Crippen LogP contribution in [0.3, 0.4) is 0 Å². The van der Waals surface area contributed by atoms with Crippen LogP contribution in [0.25, 0.3) is 0 Å². The summed E-state index contributed by atoms with van der Waals surface area (Å²) in [4.78, 5) is 25.5. The van der Waals surface area contributed by atoms with Gasteiger partial charge in [0.15, 0.2) is 0 Å². The normalized spacial score (nSPS) is 27.9. The Labute approximate surface area is 121 Å². The van der Waals surface area contributed by atoms with Crippen molar-refractivity contribution in [2.75, 3.05) is 5.73 Å². The maximum absolute atomic E-state index is 12.6. The number of hydrogen-bond acceptors (Lipinski definition) is 3. The van der Waals surface area contributed by atoms with Crippen LogP contribution < -0.4 is 5.73 Å². The second-order valence-corrected chi connectivity index (χ2v) is 5.90. The Morgan fingerprint density at radius 3 is 2.65 bits per heavy atom. The fraction of sp³-hybridized carbons (Fsp3) is 0.429. The van der Waals surface area contributed by atoms with Crippen molar-refractivity contribution in [1.82, 2.24) is 4.90 Å². The Kier molecular flexibility index (Phi) is 3.09. The Morgan fingerprint density at radius 2 is 2.05 bits per heavy atom. The van der Waals surface area contributed by atoms with Gasteiger partial charge in [-0.25, -0.2) is 0 Å². The zero-order chi connectivity index (χ0) is 14.4. The number of aliphatic carboxylic acids is 1. The number of carboxylic acid groups (broad SMARTS) is 1. The largest absolute Gasteiger partial charge is 0.481 e. The second kappa shape index (κ2) is 4.66. The standard InChI is InChI=1S/C14H15ClN2O3/c15-8-3-7(4-9(16)5-8)13(18)17-10-1-2-12(17)11(6-10)14(19)20/h3-5,10-12H,1-2,6,16H2,(H,19,20). The predicted molar refractivity (Wildman–Crippen MR) is 74.6 cm³/mol. The smallest absolute Gasteiger partial charge is 0.308 e. The molecule has 0 spiro atoms. The van der Waals surface area contributed by atoms with E-state index in [2.05, 4.69) is 0 Å². The van der Waals surface area contributed by atoms with Crippen LogP contribution in [0.5, 0.6) is 0 Å². The van der Waals surface area contributed by atoms with Gasteiger partial charge in [-0.15, -0.1) is 0 Å². The number of nitrogens with zero attached hydrogens (tertiary/aromatic N) is 1. The van der Waals surface area contributed by atoms with Crippen LogP contribution in [-0.2, 0) is 4.79 Å². The van der Waals surface area contributed by atoms with Crippen molar-refractivity contribution in [3.05, 3.63) is 28.8 Å². The number of fused-ring (bicyclic) bond motifs is 2. The molecule has 6 heteroatoms. The topological polar surface area (TPSA) is 83.6 Å². The van der Waals surface area contributed by atoms with E-state index in [-0.39, 0.29) is 18.0 Å². The third-order valence-electron chi connectivity index (χ3n) is 4.26. The fourth-order valence-corrected chi connectivity index (χ4v) is 3.70. The van der Waals surface area contributed by atoms with E-state index in [1.54, 1.807) is 23.1 Å². The molecule has 1 amide bonds. The molecule has 2 heterocycles. The average molecular weight is 295 g/mol. The van der Waals surface area contributed by atoms with E-state index in [1.807, 2.05) is 0 Å². The SMILES string of the molecule is Nc1cc(Cl)cc(C(=O)N2C3CCC2C(C(=O)O)C3)c1. The molecule has 1 aromatic carbocycles. The van der Waals surface area contributed by atoms with Gasteiger partial charge in [-0.3, -0.25) is 9.59 Å². The molecule has 2 aliphatic heterocycles. The van der Waals surface area contributed by atoms with E-state index < -0.39 is 11.9 Å². The molecule has 106 valence electrons. The molecule has 20 heavy (non-hydrogen) atoms. The number of carbonyl (C=O) groups excluding carboxylic acids is 1. The number of benzene rings is 1. The van der Waals surface area contributed by atoms with Crippen LogP contribution in [-0.4, -0.2) is 34.0 Å². The fourth-order valence-electron chi connectivity index (χ4n) is 3.46. The summed E-state index contributed by atoms with van der Waals surface area (Å²) in [5.74, 6) is -1.44. The van der Waals surface area contributed by atoms with Crippen molar-refractivity contribution in [2.45, 2.75) is 31.3 Å².